The molecule has 0 bridgehead atoms. The van der Waals surface area contributed by atoms with Gasteiger partial charge in [-0.25, -0.2) is 0 Å². The molecule has 0 aromatic rings. The van der Waals surface area contributed by atoms with Crippen LogP contribution in [0.3, 0.4) is 0 Å². The number of carbonyl (C=O) groups is 2. The quantitative estimate of drug-likeness (QED) is 0.604. The van der Waals surface area contributed by atoms with Crippen molar-refractivity contribution in [3.63, 3.8) is 0 Å². The van der Waals surface area contributed by atoms with Gasteiger partial charge >= 0.3 is 5.97 Å². The zero-order valence-corrected chi connectivity index (χ0v) is 7.92. The molecular formula is C9H12O4. The summed E-state index contributed by atoms with van der Waals surface area (Å²) in [6.45, 7) is 4.71. The molecule has 1 atom stereocenters. The maximum Gasteiger partial charge on any atom is 0.308 e. The molecule has 72 valence electrons. The first kappa shape index (κ1) is 9.77. The molecule has 0 radical (unpaired) electrons. The van der Waals surface area contributed by atoms with Gasteiger partial charge in [0.25, 0.3) is 0 Å². The van der Waals surface area contributed by atoms with E-state index in [1.54, 1.807) is 6.92 Å². The summed E-state index contributed by atoms with van der Waals surface area (Å²) in [5.74, 6) is -0.287. The smallest absolute Gasteiger partial charge is 0.308 e. The molecule has 0 fully saturated rings. The van der Waals surface area contributed by atoms with E-state index in [9.17, 15) is 9.59 Å². The Kier molecular flexibility index (Phi) is 2.70. The third-order valence-corrected chi connectivity index (χ3v) is 1.77. The Labute approximate surface area is 76.5 Å². The predicted octanol–water partition coefficient (Wildman–Crippen LogP) is 1.16. The average molecular weight is 184 g/mol. The summed E-state index contributed by atoms with van der Waals surface area (Å²) in [6.07, 6.45) is 0.107. The van der Waals surface area contributed by atoms with Gasteiger partial charge in [-0.1, -0.05) is 6.92 Å². The largest absolute Gasteiger partial charge is 0.483 e. The van der Waals surface area contributed by atoms with Crippen molar-refractivity contribution in [2.24, 2.45) is 0 Å². The number of ether oxygens (including phenoxy) is 2. The van der Waals surface area contributed by atoms with E-state index < -0.39 is 12.1 Å². The van der Waals surface area contributed by atoms with Gasteiger partial charge in [-0.15, -0.1) is 0 Å². The first-order valence-electron chi connectivity index (χ1n) is 4.16. The fraction of sp³-hybridized carbons (Fsp3) is 0.556. The monoisotopic (exact) mass is 184 g/mol. The van der Waals surface area contributed by atoms with Crippen molar-refractivity contribution in [2.45, 2.75) is 33.3 Å². The number of rotatable bonds is 2. The Morgan fingerprint density at radius 1 is 1.62 bits per heavy atom. The minimum atomic E-state index is -0.497. The highest BCUT2D eigenvalue weighted by atomic mass is 16.6. The third-order valence-electron chi connectivity index (χ3n) is 1.77. The van der Waals surface area contributed by atoms with Crippen molar-refractivity contribution in [3.05, 3.63) is 11.5 Å². The van der Waals surface area contributed by atoms with Crippen LogP contribution < -0.4 is 0 Å². The summed E-state index contributed by atoms with van der Waals surface area (Å²) < 4.78 is 9.92. The highest BCUT2D eigenvalue weighted by Crippen LogP contribution is 2.24. The zero-order chi connectivity index (χ0) is 10.0. The number of ketones is 1. The van der Waals surface area contributed by atoms with Crippen molar-refractivity contribution in [3.8, 4) is 0 Å². The van der Waals surface area contributed by atoms with Crippen LogP contribution in [-0.2, 0) is 19.1 Å². The summed E-state index contributed by atoms with van der Waals surface area (Å²) >= 11 is 0. The molecule has 1 aliphatic rings. The number of Topliss-reactive ketones (excluding diaryl/α,β-unsaturated/α-hetero) is 1. The molecule has 0 aromatic heterocycles. The second kappa shape index (κ2) is 3.60. The molecule has 13 heavy (non-hydrogen) atoms. The van der Waals surface area contributed by atoms with Gasteiger partial charge in [0.1, 0.15) is 5.76 Å². The number of hydrogen-bond acceptors (Lipinski definition) is 4. The SMILES string of the molecule is CCC1OC(C)=C(OC(C)=O)C1=O. The van der Waals surface area contributed by atoms with Crippen molar-refractivity contribution in [2.75, 3.05) is 0 Å². The van der Waals surface area contributed by atoms with Crippen LogP contribution in [0, 0.1) is 0 Å². The van der Waals surface area contributed by atoms with Crippen LogP contribution in [0.15, 0.2) is 11.5 Å². The highest BCUT2D eigenvalue weighted by Gasteiger charge is 2.34. The van der Waals surface area contributed by atoms with Crippen molar-refractivity contribution < 1.29 is 19.1 Å². The van der Waals surface area contributed by atoms with E-state index in [4.69, 9.17) is 9.47 Å². The van der Waals surface area contributed by atoms with Crippen LogP contribution in [-0.4, -0.2) is 17.9 Å². The van der Waals surface area contributed by atoms with Gasteiger partial charge in [0.2, 0.25) is 11.5 Å². The van der Waals surface area contributed by atoms with Crippen LogP contribution in [0.1, 0.15) is 27.2 Å². The van der Waals surface area contributed by atoms with E-state index in [0.717, 1.165) is 0 Å². The van der Waals surface area contributed by atoms with Crippen molar-refractivity contribution in [1.29, 1.82) is 0 Å². The molecule has 0 aromatic carbocycles. The molecule has 4 nitrogen and oxygen atoms in total. The summed E-state index contributed by atoms with van der Waals surface area (Å²) in [6, 6.07) is 0. The molecule has 1 heterocycles. The number of carbonyl (C=O) groups excluding carboxylic acids is 2. The number of hydrogen-bond donors (Lipinski definition) is 0. The molecule has 4 heteroatoms. The maximum atomic E-state index is 11.4. The first-order valence-corrected chi connectivity index (χ1v) is 4.16. The lowest BCUT2D eigenvalue weighted by atomic mass is 10.2. The van der Waals surface area contributed by atoms with Gasteiger partial charge in [0.05, 0.1) is 0 Å². The maximum absolute atomic E-state index is 11.4. The average Bonchev–Trinajstić information content (AvgIpc) is 2.31. The van der Waals surface area contributed by atoms with E-state index in [0.29, 0.717) is 12.2 Å². The first-order chi connectivity index (χ1) is 6.06. The minimum absolute atomic E-state index is 0.0550. The highest BCUT2D eigenvalue weighted by molar-refractivity contribution is 6.00. The zero-order valence-electron chi connectivity index (χ0n) is 7.92. The normalized spacial score (nSPS) is 21.8. The fourth-order valence-corrected chi connectivity index (χ4v) is 1.17. The van der Waals surface area contributed by atoms with Gasteiger partial charge in [-0.3, -0.25) is 9.59 Å². The van der Waals surface area contributed by atoms with E-state index >= 15 is 0 Å². The third kappa shape index (κ3) is 1.88. The molecule has 0 saturated heterocycles. The van der Waals surface area contributed by atoms with Gasteiger partial charge in [-0.05, 0) is 13.3 Å². The second-order valence-corrected chi connectivity index (χ2v) is 2.86. The lowest BCUT2D eigenvalue weighted by molar-refractivity contribution is -0.140. The Morgan fingerprint density at radius 2 is 2.23 bits per heavy atom. The standard InChI is InChI=1S/C9H12O4/c1-4-7-8(11)9(5(2)12-7)13-6(3)10/h7H,4H2,1-3H3. The summed E-state index contributed by atoms with van der Waals surface area (Å²) in [5.41, 5.74) is 0. The number of allylic oxidation sites excluding steroid dienone is 1. The van der Waals surface area contributed by atoms with Crippen LogP contribution in [0.2, 0.25) is 0 Å². The summed E-state index contributed by atoms with van der Waals surface area (Å²) in [7, 11) is 0. The molecule has 0 saturated carbocycles. The van der Waals surface area contributed by atoms with Crippen LogP contribution >= 0.6 is 0 Å². The van der Waals surface area contributed by atoms with E-state index in [-0.39, 0.29) is 11.5 Å². The molecule has 0 N–H and O–H groups in total. The van der Waals surface area contributed by atoms with Crippen LogP contribution in [0.25, 0.3) is 0 Å². The van der Waals surface area contributed by atoms with Crippen molar-refractivity contribution in [1.82, 2.24) is 0 Å². The van der Waals surface area contributed by atoms with Crippen molar-refractivity contribution >= 4 is 11.8 Å². The lowest BCUT2D eigenvalue weighted by Crippen LogP contribution is -2.18. The second-order valence-electron chi connectivity index (χ2n) is 2.86. The van der Waals surface area contributed by atoms with Crippen LogP contribution in [0.4, 0.5) is 0 Å². The van der Waals surface area contributed by atoms with E-state index in [1.807, 2.05) is 6.92 Å². The molecule has 1 aliphatic heterocycles. The van der Waals surface area contributed by atoms with Gasteiger partial charge in [0, 0.05) is 6.92 Å². The lowest BCUT2D eigenvalue weighted by Gasteiger charge is -2.04. The van der Waals surface area contributed by atoms with E-state index in [1.165, 1.54) is 6.92 Å². The van der Waals surface area contributed by atoms with Gasteiger partial charge in [-0.2, -0.15) is 0 Å². The number of esters is 1. The minimum Gasteiger partial charge on any atom is -0.483 e. The van der Waals surface area contributed by atoms with E-state index in [2.05, 4.69) is 0 Å². The molecule has 1 rings (SSSR count). The Hall–Kier alpha value is -1.32. The predicted molar refractivity (Wildman–Crippen MR) is 44.6 cm³/mol. The molecule has 1 unspecified atom stereocenters. The summed E-state index contributed by atoms with van der Waals surface area (Å²) in [4.78, 5) is 22.0. The topological polar surface area (TPSA) is 52.6 Å². The Morgan fingerprint density at radius 3 is 2.62 bits per heavy atom. The molecule has 0 amide bonds. The molecule has 0 aliphatic carbocycles. The molecule has 0 spiro atoms. The van der Waals surface area contributed by atoms with Gasteiger partial charge < -0.3 is 9.47 Å². The fourth-order valence-electron chi connectivity index (χ4n) is 1.17. The van der Waals surface area contributed by atoms with Gasteiger partial charge in [0.15, 0.2) is 6.10 Å². The Balaban J connectivity index is 2.78. The Bertz CT molecular complexity index is 277. The van der Waals surface area contributed by atoms with Crippen LogP contribution in [0.5, 0.6) is 0 Å². The molecular weight excluding hydrogens is 172 g/mol. The summed E-state index contributed by atoms with van der Waals surface area (Å²) in [5, 5.41) is 0.